The molecule has 1 aromatic rings. The molecule has 2 atom stereocenters. The molecule has 0 spiro atoms. The van der Waals surface area contributed by atoms with Gasteiger partial charge in [0.15, 0.2) is 0 Å². The zero-order valence-electron chi connectivity index (χ0n) is 12.9. The summed E-state index contributed by atoms with van der Waals surface area (Å²) in [5, 5.41) is 0. The Balaban J connectivity index is 2.47. The SMILES string of the molecule is COc1ccc(CN)cc1S(=O)(=O)N1CC(C)CCC1C. The van der Waals surface area contributed by atoms with Gasteiger partial charge in [-0.25, -0.2) is 8.42 Å². The Morgan fingerprint density at radius 2 is 2.05 bits per heavy atom. The van der Waals surface area contributed by atoms with E-state index in [9.17, 15) is 8.42 Å². The number of nitrogens with two attached hydrogens (primary N) is 1. The molecule has 0 aromatic heterocycles. The summed E-state index contributed by atoms with van der Waals surface area (Å²) in [5.74, 6) is 0.747. The van der Waals surface area contributed by atoms with Gasteiger partial charge in [-0.15, -0.1) is 0 Å². The smallest absolute Gasteiger partial charge is 0.247 e. The second-order valence-electron chi connectivity index (χ2n) is 5.80. The maximum Gasteiger partial charge on any atom is 0.247 e. The van der Waals surface area contributed by atoms with Crippen molar-refractivity contribution in [3.8, 4) is 5.75 Å². The van der Waals surface area contributed by atoms with Crippen molar-refractivity contribution in [2.24, 2.45) is 11.7 Å². The van der Waals surface area contributed by atoms with Gasteiger partial charge in [-0.05, 0) is 43.4 Å². The van der Waals surface area contributed by atoms with E-state index < -0.39 is 10.0 Å². The predicted molar refractivity (Wildman–Crippen MR) is 82.6 cm³/mol. The minimum absolute atomic E-state index is 0.0115. The number of hydrogen-bond acceptors (Lipinski definition) is 4. The average Bonchev–Trinajstić information content (AvgIpc) is 2.48. The standard InChI is InChI=1S/C15H24N2O3S/c1-11-4-5-12(2)17(10-11)21(18,19)15-8-13(9-16)6-7-14(15)20-3/h6-8,11-12H,4-5,9-10,16H2,1-3H3. The average molecular weight is 312 g/mol. The molecule has 0 saturated carbocycles. The van der Waals surface area contributed by atoms with Crippen LogP contribution in [0.4, 0.5) is 0 Å². The highest BCUT2D eigenvalue weighted by molar-refractivity contribution is 7.89. The summed E-state index contributed by atoms with van der Waals surface area (Å²) in [5.41, 5.74) is 6.42. The number of ether oxygens (including phenoxy) is 1. The maximum atomic E-state index is 13.0. The van der Waals surface area contributed by atoms with E-state index in [0.717, 1.165) is 18.4 Å². The van der Waals surface area contributed by atoms with Crippen LogP contribution in [-0.2, 0) is 16.6 Å². The Kier molecular flexibility index (Phi) is 4.91. The molecule has 5 nitrogen and oxygen atoms in total. The second-order valence-corrected chi connectivity index (χ2v) is 7.65. The highest BCUT2D eigenvalue weighted by Crippen LogP contribution is 2.32. The lowest BCUT2D eigenvalue weighted by atomic mass is 9.97. The second kappa shape index (κ2) is 6.34. The lowest BCUT2D eigenvalue weighted by Crippen LogP contribution is -2.44. The van der Waals surface area contributed by atoms with Crippen molar-refractivity contribution in [2.75, 3.05) is 13.7 Å². The number of benzene rings is 1. The Labute approximate surface area is 127 Å². The first-order valence-corrected chi connectivity index (χ1v) is 8.73. The van der Waals surface area contributed by atoms with E-state index >= 15 is 0 Å². The van der Waals surface area contributed by atoms with Gasteiger partial charge in [0.2, 0.25) is 10.0 Å². The molecular weight excluding hydrogens is 288 g/mol. The van der Waals surface area contributed by atoms with Gasteiger partial charge in [-0.1, -0.05) is 13.0 Å². The highest BCUT2D eigenvalue weighted by Gasteiger charge is 2.35. The van der Waals surface area contributed by atoms with E-state index in [1.54, 1.807) is 22.5 Å². The number of nitrogens with zero attached hydrogens (tertiary/aromatic N) is 1. The number of hydrogen-bond donors (Lipinski definition) is 1. The van der Waals surface area contributed by atoms with Crippen LogP contribution in [0.5, 0.6) is 5.75 Å². The van der Waals surface area contributed by atoms with Crippen molar-refractivity contribution >= 4 is 10.0 Å². The number of piperidine rings is 1. The summed E-state index contributed by atoms with van der Waals surface area (Å²) in [6.07, 6.45) is 1.95. The minimum Gasteiger partial charge on any atom is -0.495 e. The maximum absolute atomic E-state index is 13.0. The fraction of sp³-hybridized carbons (Fsp3) is 0.600. The van der Waals surface area contributed by atoms with Crippen LogP contribution in [-0.4, -0.2) is 32.4 Å². The molecule has 118 valence electrons. The van der Waals surface area contributed by atoms with Gasteiger partial charge in [0.1, 0.15) is 10.6 Å². The van der Waals surface area contributed by atoms with Crippen LogP contribution in [0.2, 0.25) is 0 Å². The van der Waals surface area contributed by atoms with Crippen LogP contribution in [0.25, 0.3) is 0 Å². The Morgan fingerprint density at radius 1 is 1.33 bits per heavy atom. The third-order valence-electron chi connectivity index (χ3n) is 4.11. The quantitative estimate of drug-likeness (QED) is 0.922. The largest absolute Gasteiger partial charge is 0.495 e. The molecule has 1 aliphatic heterocycles. The van der Waals surface area contributed by atoms with Gasteiger partial charge in [-0.2, -0.15) is 4.31 Å². The fourth-order valence-electron chi connectivity index (χ4n) is 2.76. The summed E-state index contributed by atoms with van der Waals surface area (Å²) in [7, 11) is -2.08. The molecule has 1 heterocycles. The van der Waals surface area contributed by atoms with Gasteiger partial charge < -0.3 is 10.5 Å². The molecule has 2 N–H and O–H groups in total. The number of rotatable bonds is 4. The van der Waals surface area contributed by atoms with E-state index in [0.29, 0.717) is 24.8 Å². The zero-order valence-corrected chi connectivity index (χ0v) is 13.7. The lowest BCUT2D eigenvalue weighted by molar-refractivity contribution is 0.217. The molecule has 1 saturated heterocycles. The molecule has 1 aliphatic rings. The van der Waals surface area contributed by atoms with E-state index in [2.05, 4.69) is 6.92 Å². The predicted octanol–water partition coefficient (Wildman–Crippen LogP) is 1.96. The summed E-state index contributed by atoms with van der Waals surface area (Å²) in [4.78, 5) is 0.217. The first-order valence-electron chi connectivity index (χ1n) is 7.29. The summed E-state index contributed by atoms with van der Waals surface area (Å²) < 4.78 is 32.8. The van der Waals surface area contributed by atoms with Crippen molar-refractivity contribution in [1.29, 1.82) is 0 Å². The number of sulfonamides is 1. The summed E-state index contributed by atoms with van der Waals surface area (Å²) >= 11 is 0. The normalized spacial score (nSPS) is 24.0. The molecule has 2 rings (SSSR count). The fourth-order valence-corrected chi connectivity index (χ4v) is 4.75. The monoisotopic (exact) mass is 312 g/mol. The molecule has 2 unspecified atom stereocenters. The molecule has 6 heteroatoms. The lowest BCUT2D eigenvalue weighted by Gasteiger charge is -2.35. The summed E-state index contributed by atoms with van der Waals surface area (Å²) in [6, 6.07) is 5.10. The van der Waals surface area contributed by atoms with Gasteiger partial charge in [0.05, 0.1) is 7.11 Å². The molecular formula is C15H24N2O3S. The molecule has 0 amide bonds. The number of methoxy groups -OCH3 is 1. The van der Waals surface area contributed by atoms with Crippen molar-refractivity contribution in [3.63, 3.8) is 0 Å². The molecule has 1 aromatic carbocycles. The molecule has 0 aliphatic carbocycles. The van der Waals surface area contributed by atoms with Crippen molar-refractivity contribution in [3.05, 3.63) is 23.8 Å². The summed E-state index contributed by atoms with van der Waals surface area (Å²) in [6.45, 7) is 4.91. The van der Waals surface area contributed by atoms with Gasteiger partial charge in [0.25, 0.3) is 0 Å². The first-order chi connectivity index (χ1) is 9.90. The third-order valence-corrected chi connectivity index (χ3v) is 6.11. The molecule has 1 fully saturated rings. The Hall–Kier alpha value is -1.11. The van der Waals surface area contributed by atoms with Gasteiger partial charge >= 0.3 is 0 Å². The van der Waals surface area contributed by atoms with Crippen molar-refractivity contribution in [2.45, 2.75) is 44.2 Å². The van der Waals surface area contributed by atoms with Crippen LogP contribution in [0.15, 0.2) is 23.1 Å². The van der Waals surface area contributed by atoms with Crippen LogP contribution in [0.1, 0.15) is 32.3 Å². The Bertz CT molecular complexity index is 601. The van der Waals surface area contributed by atoms with E-state index in [1.807, 2.05) is 6.92 Å². The molecule has 0 bridgehead atoms. The topological polar surface area (TPSA) is 72.6 Å². The molecule has 21 heavy (non-hydrogen) atoms. The van der Waals surface area contributed by atoms with E-state index in [1.165, 1.54) is 7.11 Å². The zero-order chi connectivity index (χ0) is 15.6. The van der Waals surface area contributed by atoms with Crippen LogP contribution in [0.3, 0.4) is 0 Å². The van der Waals surface area contributed by atoms with Gasteiger partial charge in [-0.3, -0.25) is 0 Å². The highest BCUT2D eigenvalue weighted by atomic mass is 32.2. The minimum atomic E-state index is -3.57. The first kappa shape index (κ1) is 16.3. The Morgan fingerprint density at radius 3 is 2.67 bits per heavy atom. The van der Waals surface area contributed by atoms with Crippen molar-refractivity contribution < 1.29 is 13.2 Å². The van der Waals surface area contributed by atoms with Gasteiger partial charge in [0, 0.05) is 19.1 Å². The third kappa shape index (κ3) is 3.22. The van der Waals surface area contributed by atoms with E-state index in [-0.39, 0.29) is 10.9 Å². The van der Waals surface area contributed by atoms with Crippen molar-refractivity contribution in [1.82, 2.24) is 4.31 Å². The van der Waals surface area contributed by atoms with E-state index in [4.69, 9.17) is 10.5 Å². The van der Waals surface area contributed by atoms with Crippen LogP contribution < -0.4 is 10.5 Å². The van der Waals surface area contributed by atoms with Crippen LogP contribution >= 0.6 is 0 Å². The van der Waals surface area contributed by atoms with Crippen LogP contribution in [0, 0.1) is 5.92 Å². The molecule has 0 radical (unpaired) electrons.